The van der Waals surface area contributed by atoms with E-state index < -0.39 is 0 Å². The molecule has 0 unspecified atom stereocenters. The van der Waals surface area contributed by atoms with E-state index in [0.717, 1.165) is 38.8 Å². The van der Waals surface area contributed by atoms with Crippen molar-refractivity contribution in [2.45, 2.75) is 0 Å². The molecule has 0 bridgehead atoms. The Balaban J connectivity index is 1.23. The zero-order chi connectivity index (χ0) is 38.2. The lowest BCUT2D eigenvalue weighted by molar-refractivity contribution is 0.669. The fourth-order valence-electron chi connectivity index (χ4n) is 6.52. The summed E-state index contributed by atoms with van der Waals surface area (Å²) in [5.41, 5.74) is 5.84. The summed E-state index contributed by atoms with van der Waals surface area (Å²) in [6.45, 7) is 0. The van der Waals surface area contributed by atoms with Crippen molar-refractivity contribution >= 4 is 53.4 Å². The molecule has 10 rings (SSSR count). The minimum Gasteiger partial charge on any atom is -0.456 e. The van der Waals surface area contributed by atoms with Crippen molar-refractivity contribution in [3.05, 3.63) is 164 Å². The van der Waals surface area contributed by atoms with Crippen LogP contribution in [0.5, 0.6) is 0 Å². The lowest BCUT2D eigenvalue weighted by Crippen LogP contribution is -2.00. The van der Waals surface area contributed by atoms with Crippen molar-refractivity contribution in [2.75, 3.05) is 0 Å². The van der Waals surface area contributed by atoms with Gasteiger partial charge in [-0.05, 0) is 46.5 Å². The summed E-state index contributed by atoms with van der Waals surface area (Å²) < 4.78 is 62.5. The van der Waals surface area contributed by atoms with Crippen molar-refractivity contribution in [1.29, 1.82) is 0 Å². The quantitative estimate of drug-likeness (QED) is 0.184. The monoisotopic (exact) mass is 663 g/mol. The summed E-state index contributed by atoms with van der Waals surface area (Å²) in [7, 11) is 0. The molecule has 0 aliphatic rings. The lowest BCUT2D eigenvalue weighted by atomic mass is 9.95. The number of hydrogen-bond acceptors (Lipinski definition) is 5. The molecule has 0 radical (unpaired) electrons. The predicted molar refractivity (Wildman–Crippen MR) is 207 cm³/mol. The second-order valence-electron chi connectivity index (χ2n) is 11.9. The Bertz CT molecular complexity index is 3200. The molecule has 0 aliphatic heterocycles. The number of rotatable bonds is 5. The zero-order valence-corrected chi connectivity index (χ0v) is 27.1. The van der Waals surface area contributed by atoms with E-state index >= 15 is 0 Å². The summed E-state index contributed by atoms with van der Waals surface area (Å²) in [6.07, 6.45) is 0. The molecule has 0 N–H and O–H groups in total. The van der Waals surface area contributed by atoms with Gasteiger partial charge in [-0.3, -0.25) is 0 Å². The summed E-state index contributed by atoms with van der Waals surface area (Å²) in [4.78, 5) is 14.5. The van der Waals surface area contributed by atoms with Gasteiger partial charge < -0.3 is 4.42 Å². The van der Waals surface area contributed by atoms with Gasteiger partial charge in [-0.1, -0.05) is 139 Å². The molecule has 0 saturated heterocycles. The Labute approximate surface area is 300 Å². The van der Waals surface area contributed by atoms with Crippen LogP contribution in [0.2, 0.25) is 0 Å². The van der Waals surface area contributed by atoms with Crippen LogP contribution in [-0.4, -0.2) is 15.0 Å². The third-order valence-electron chi connectivity index (χ3n) is 8.89. The largest absolute Gasteiger partial charge is 0.456 e. The van der Waals surface area contributed by atoms with Gasteiger partial charge in [-0.15, -0.1) is 11.3 Å². The zero-order valence-electron chi connectivity index (χ0n) is 32.3. The van der Waals surface area contributed by atoms with Crippen LogP contribution >= 0.6 is 11.3 Å². The fourth-order valence-corrected chi connectivity index (χ4v) is 7.54. The van der Waals surface area contributed by atoms with Gasteiger partial charge in [-0.2, -0.15) is 0 Å². The third kappa shape index (κ3) is 4.79. The maximum Gasteiger partial charge on any atom is 0.164 e. The maximum absolute atomic E-state index is 9.62. The smallest absolute Gasteiger partial charge is 0.164 e. The van der Waals surface area contributed by atoms with Crippen molar-refractivity contribution in [1.82, 2.24) is 15.0 Å². The van der Waals surface area contributed by atoms with E-state index in [-0.39, 0.29) is 53.0 Å². The van der Waals surface area contributed by atoms with Crippen LogP contribution in [0.4, 0.5) is 0 Å². The van der Waals surface area contributed by atoms with Gasteiger partial charge in [0.05, 0.1) is 8.22 Å². The second kappa shape index (κ2) is 11.6. The van der Waals surface area contributed by atoms with Crippen LogP contribution in [0.25, 0.3) is 98.5 Å². The first-order valence-electron chi connectivity index (χ1n) is 19.1. The summed E-state index contributed by atoms with van der Waals surface area (Å²) in [5.74, 6) is 0.782. The fraction of sp³-hybridized carbons (Fsp3) is 0. The summed E-state index contributed by atoms with van der Waals surface area (Å²) in [5, 5.41) is 2.25. The SMILES string of the molecule is [2H]c1c([2H])c(-c2cccc3oc4ccccc4c23)c2c(sc3c([2H])c(-c4nc(-c5ccccc5)nc(-c5ccc(-c6ccccc6)cc5)n4)c([2H])c([2H])c32)c1[2H]. The Morgan fingerprint density at radius 1 is 0.440 bits per heavy atom. The molecule has 0 aliphatic carbocycles. The standard InChI is InChI=1S/C45H27N3OS/c1-3-11-28(12-4-1)29-21-23-31(24-22-29)44-46-43(30-13-5-2-6-14-30)47-45(48-44)32-25-26-36-40(27-32)50-39-20-10-17-34(42(36)39)33-16-9-19-38-41(33)35-15-7-8-18-37(35)49-38/h1-27H/i10D,17D,20D,25D,26D,27D. The predicted octanol–water partition coefficient (Wildman–Crippen LogP) is 12.5. The van der Waals surface area contributed by atoms with E-state index in [1.807, 2.05) is 127 Å². The number of hydrogen-bond donors (Lipinski definition) is 0. The second-order valence-corrected chi connectivity index (χ2v) is 12.9. The Kier molecular flexibility index (Phi) is 5.35. The van der Waals surface area contributed by atoms with Crippen LogP contribution in [0.1, 0.15) is 8.22 Å². The first-order chi connectivity index (χ1) is 27.3. The van der Waals surface area contributed by atoms with Gasteiger partial charge in [-0.25, -0.2) is 15.0 Å². The third-order valence-corrected chi connectivity index (χ3v) is 9.91. The number of nitrogens with zero attached hydrogens (tertiary/aromatic N) is 3. The molecule has 4 nitrogen and oxygen atoms in total. The average molecular weight is 664 g/mol. The molecule has 0 atom stereocenters. The minimum absolute atomic E-state index is 0.0593. The highest BCUT2D eigenvalue weighted by atomic mass is 32.1. The molecule has 5 heteroatoms. The van der Waals surface area contributed by atoms with Crippen LogP contribution < -0.4 is 0 Å². The molecule has 7 aromatic carbocycles. The van der Waals surface area contributed by atoms with Crippen molar-refractivity contribution in [3.8, 4) is 56.4 Å². The van der Waals surface area contributed by atoms with Crippen LogP contribution in [0.15, 0.2) is 168 Å². The van der Waals surface area contributed by atoms with Gasteiger partial charge >= 0.3 is 0 Å². The van der Waals surface area contributed by atoms with E-state index in [2.05, 4.69) is 0 Å². The molecule has 0 spiro atoms. The molecule has 3 heterocycles. The number of fused-ring (bicyclic) bond motifs is 6. The summed E-state index contributed by atoms with van der Waals surface area (Å²) >= 11 is 1.11. The number of para-hydroxylation sites is 1. The first kappa shape index (κ1) is 23.0. The minimum atomic E-state index is -0.263. The average Bonchev–Trinajstić information content (AvgIpc) is 3.83. The lowest BCUT2D eigenvalue weighted by Gasteiger charge is -2.09. The van der Waals surface area contributed by atoms with E-state index in [1.54, 1.807) is 0 Å². The maximum atomic E-state index is 9.62. The Hall–Kier alpha value is -6.43. The molecular weight excluding hydrogens is 631 g/mol. The van der Waals surface area contributed by atoms with Crippen molar-refractivity contribution in [2.24, 2.45) is 0 Å². The molecule has 10 aromatic rings. The van der Waals surface area contributed by atoms with E-state index in [9.17, 15) is 5.48 Å². The van der Waals surface area contributed by atoms with E-state index in [1.165, 1.54) is 0 Å². The van der Waals surface area contributed by atoms with Gasteiger partial charge in [0.25, 0.3) is 0 Å². The first-order valence-corrected chi connectivity index (χ1v) is 16.9. The molecule has 234 valence electrons. The van der Waals surface area contributed by atoms with Gasteiger partial charge in [0, 0.05) is 47.6 Å². The van der Waals surface area contributed by atoms with E-state index in [0.29, 0.717) is 54.3 Å². The van der Waals surface area contributed by atoms with Crippen LogP contribution in [0, 0.1) is 0 Å². The molecule has 0 saturated carbocycles. The Morgan fingerprint density at radius 2 is 1.06 bits per heavy atom. The highest BCUT2D eigenvalue weighted by Crippen LogP contribution is 2.44. The number of thiophene rings is 1. The van der Waals surface area contributed by atoms with Gasteiger partial charge in [0.15, 0.2) is 17.5 Å². The normalized spacial score (nSPS) is 13.3. The Morgan fingerprint density at radius 3 is 1.84 bits per heavy atom. The number of aromatic nitrogens is 3. The number of benzene rings is 7. The van der Waals surface area contributed by atoms with Crippen molar-refractivity contribution < 1.29 is 12.6 Å². The highest BCUT2D eigenvalue weighted by Gasteiger charge is 2.18. The molecule has 0 fully saturated rings. The van der Waals surface area contributed by atoms with Crippen molar-refractivity contribution in [3.63, 3.8) is 0 Å². The van der Waals surface area contributed by atoms with Crippen LogP contribution in [-0.2, 0) is 0 Å². The topological polar surface area (TPSA) is 51.8 Å². The van der Waals surface area contributed by atoms with E-state index in [4.69, 9.17) is 22.1 Å². The molecule has 3 aromatic heterocycles. The summed E-state index contributed by atoms with van der Waals surface area (Å²) in [6, 6.07) is 39.3. The van der Waals surface area contributed by atoms with Gasteiger partial charge in [0.1, 0.15) is 11.2 Å². The molecular formula is C45H27N3OS. The molecule has 50 heavy (non-hydrogen) atoms. The van der Waals surface area contributed by atoms with Gasteiger partial charge in [0.2, 0.25) is 0 Å². The molecule has 0 amide bonds. The van der Waals surface area contributed by atoms with Crippen LogP contribution in [0.3, 0.4) is 0 Å². The highest BCUT2D eigenvalue weighted by molar-refractivity contribution is 7.26. The number of furan rings is 1.